The lowest BCUT2D eigenvalue weighted by molar-refractivity contribution is 0.554. The van der Waals surface area contributed by atoms with Crippen molar-refractivity contribution in [2.24, 2.45) is 0 Å². The standard InChI is InChI=1S/C17H18N2/c1-3-17(2,13-8-5-4-6-9-13)15-12-19-16-14(15)10-7-11-18-16/h4-12H,3H2,1-2H3,(H,18,19)/t17-/m1/s1. The zero-order valence-electron chi connectivity index (χ0n) is 11.4. The van der Waals surface area contributed by atoms with Gasteiger partial charge in [-0.25, -0.2) is 4.98 Å². The number of pyridine rings is 1. The minimum Gasteiger partial charge on any atom is -0.346 e. The molecule has 0 aliphatic heterocycles. The smallest absolute Gasteiger partial charge is 0.137 e. The average molecular weight is 250 g/mol. The molecule has 2 heterocycles. The van der Waals surface area contributed by atoms with Gasteiger partial charge in [-0.2, -0.15) is 0 Å². The fraction of sp³-hybridized carbons (Fsp3) is 0.235. The van der Waals surface area contributed by atoms with Crippen molar-refractivity contribution >= 4 is 11.0 Å². The maximum atomic E-state index is 4.39. The molecule has 3 aromatic rings. The van der Waals surface area contributed by atoms with E-state index in [0.29, 0.717) is 0 Å². The summed E-state index contributed by atoms with van der Waals surface area (Å²) in [6.07, 6.45) is 4.99. The molecule has 0 radical (unpaired) electrons. The van der Waals surface area contributed by atoms with Gasteiger partial charge in [0.25, 0.3) is 0 Å². The lowest BCUT2D eigenvalue weighted by Crippen LogP contribution is -2.22. The number of hydrogen-bond donors (Lipinski definition) is 1. The van der Waals surface area contributed by atoms with Gasteiger partial charge in [0.15, 0.2) is 0 Å². The molecule has 2 aromatic heterocycles. The summed E-state index contributed by atoms with van der Waals surface area (Å²) in [4.78, 5) is 7.67. The van der Waals surface area contributed by atoms with E-state index < -0.39 is 0 Å². The highest BCUT2D eigenvalue weighted by Gasteiger charge is 2.29. The first-order valence-electron chi connectivity index (χ1n) is 6.74. The van der Waals surface area contributed by atoms with E-state index >= 15 is 0 Å². The summed E-state index contributed by atoms with van der Waals surface area (Å²) in [5.74, 6) is 0. The van der Waals surface area contributed by atoms with Crippen LogP contribution >= 0.6 is 0 Å². The second-order valence-electron chi connectivity index (χ2n) is 5.15. The van der Waals surface area contributed by atoms with Gasteiger partial charge in [0, 0.05) is 23.2 Å². The summed E-state index contributed by atoms with van der Waals surface area (Å²) in [5.41, 5.74) is 3.65. The number of hydrogen-bond acceptors (Lipinski definition) is 1. The largest absolute Gasteiger partial charge is 0.346 e. The Labute approximate surface area is 113 Å². The number of fused-ring (bicyclic) bond motifs is 1. The molecule has 1 aromatic carbocycles. The Hall–Kier alpha value is -2.09. The minimum atomic E-state index is 0.0164. The third kappa shape index (κ3) is 1.84. The third-order valence-electron chi connectivity index (χ3n) is 4.16. The zero-order valence-corrected chi connectivity index (χ0v) is 11.4. The first kappa shape index (κ1) is 12.0. The molecule has 0 saturated heterocycles. The molecule has 1 N–H and O–H groups in total. The molecular weight excluding hydrogens is 232 g/mol. The minimum absolute atomic E-state index is 0.0164. The van der Waals surface area contributed by atoms with Crippen LogP contribution in [0.25, 0.3) is 11.0 Å². The van der Waals surface area contributed by atoms with Crippen molar-refractivity contribution in [2.45, 2.75) is 25.7 Å². The predicted octanol–water partition coefficient (Wildman–Crippen LogP) is 4.28. The summed E-state index contributed by atoms with van der Waals surface area (Å²) in [6, 6.07) is 14.8. The molecule has 0 amide bonds. The summed E-state index contributed by atoms with van der Waals surface area (Å²) in [6.45, 7) is 4.54. The predicted molar refractivity (Wildman–Crippen MR) is 79.3 cm³/mol. The van der Waals surface area contributed by atoms with E-state index in [-0.39, 0.29) is 5.41 Å². The molecule has 0 unspecified atom stereocenters. The van der Waals surface area contributed by atoms with Crippen LogP contribution in [0.1, 0.15) is 31.4 Å². The van der Waals surface area contributed by atoms with Crippen molar-refractivity contribution in [3.8, 4) is 0 Å². The lowest BCUT2D eigenvalue weighted by Gasteiger charge is -2.29. The van der Waals surface area contributed by atoms with Gasteiger partial charge in [0.1, 0.15) is 5.65 Å². The van der Waals surface area contributed by atoms with E-state index in [1.165, 1.54) is 16.5 Å². The molecule has 1 atom stereocenters. The number of H-pyrrole nitrogens is 1. The first-order valence-corrected chi connectivity index (χ1v) is 6.74. The molecule has 19 heavy (non-hydrogen) atoms. The maximum absolute atomic E-state index is 4.39. The van der Waals surface area contributed by atoms with E-state index in [4.69, 9.17) is 0 Å². The van der Waals surface area contributed by atoms with Crippen LogP contribution in [-0.4, -0.2) is 9.97 Å². The van der Waals surface area contributed by atoms with Crippen LogP contribution in [-0.2, 0) is 5.41 Å². The molecule has 0 aliphatic carbocycles. The van der Waals surface area contributed by atoms with Gasteiger partial charge in [-0.15, -0.1) is 0 Å². The Bertz CT molecular complexity index is 685. The van der Waals surface area contributed by atoms with Gasteiger partial charge in [-0.3, -0.25) is 0 Å². The summed E-state index contributed by atoms with van der Waals surface area (Å²) in [7, 11) is 0. The molecule has 96 valence electrons. The molecule has 2 nitrogen and oxygen atoms in total. The number of benzene rings is 1. The fourth-order valence-electron chi connectivity index (χ4n) is 2.77. The monoisotopic (exact) mass is 250 g/mol. The van der Waals surface area contributed by atoms with Crippen molar-refractivity contribution in [1.29, 1.82) is 0 Å². The zero-order chi connectivity index (χ0) is 13.3. The Morgan fingerprint density at radius 1 is 1.11 bits per heavy atom. The fourth-order valence-corrected chi connectivity index (χ4v) is 2.77. The Morgan fingerprint density at radius 2 is 1.89 bits per heavy atom. The molecule has 0 saturated carbocycles. The van der Waals surface area contributed by atoms with Crippen molar-refractivity contribution < 1.29 is 0 Å². The van der Waals surface area contributed by atoms with Crippen LogP contribution in [0.5, 0.6) is 0 Å². The van der Waals surface area contributed by atoms with Crippen LogP contribution in [0.15, 0.2) is 54.9 Å². The molecule has 3 rings (SSSR count). The Morgan fingerprint density at radius 3 is 2.63 bits per heavy atom. The lowest BCUT2D eigenvalue weighted by atomic mass is 9.74. The molecule has 0 fully saturated rings. The van der Waals surface area contributed by atoms with Gasteiger partial charge in [0.2, 0.25) is 0 Å². The maximum Gasteiger partial charge on any atom is 0.137 e. The molecule has 0 bridgehead atoms. The Balaban J connectivity index is 2.22. The SMILES string of the molecule is CC[C@](C)(c1ccccc1)c1c[nH]c2ncccc12. The second-order valence-corrected chi connectivity index (χ2v) is 5.15. The number of aromatic amines is 1. The highest BCUT2D eigenvalue weighted by Crippen LogP contribution is 2.38. The van der Waals surface area contributed by atoms with E-state index in [0.717, 1.165) is 12.1 Å². The van der Waals surface area contributed by atoms with Gasteiger partial charge in [-0.05, 0) is 29.7 Å². The van der Waals surface area contributed by atoms with Crippen LogP contribution in [0.2, 0.25) is 0 Å². The molecule has 0 aliphatic rings. The van der Waals surface area contributed by atoms with E-state index in [2.05, 4.69) is 66.4 Å². The van der Waals surface area contributed by atoms with E-state index in [9.17, 15) is 0 Å². The van der Waals surface area contributed by atoms with Crippen LogP contribution in [0.4, 0.5) is 0 Å². The average Bonchev–Trinajstić information content (AvgIpc) is 2.92. The first-order chi connectivity index (χ1) is 9.25. The van der Waals surface area contributed by atoms with Gasteiger partial charge in [0.05, 0.1) is 0 Å². The van der Waals surface area contributed by atoms with Crippen LogP contribution < -0.4 is 0 Å². The van der Waals surface area contributed by atoms with Crippen molar-refractivity contribution in [1.82, 2.24) is 9.97 Å². The van der Waals surface area contributed by atoms with E-state index in [1.54, 1.807) is 0 Å². The van der Waals surface area contributed by atoms with E-state index in [1.807, 2.05) is 12.3 Å². The van der Waals surface area contributed by atoms with Crippen LogP contribution in [0.3, 0.4) is 0 Å². The third-order valence-corrected chi connectivity index (χ3v) is 4.16. The van der Waals surface area contributed by atoms with Crippen molar-refractivity contribution in [2.75, 3.05) is 0 Å². The summed E-state index contributed by atoms with van der Waals surface area (Å²) >= 11 is 0. The molecule has 0 spiro atoms. The van der Waals surface area contributed by atoms with Crippen molar-refractivity contribution in [3.05, 3.63) is 66.0 Å². The number of aromatic nitrogens is 2. The van der Waals surface area contributed by atoms with Gasteiger partial charge in [-0.1, -0.05) is 44.2 Å². The summed E-state index contributed by atoms with van der Waals surface area (Å²) in [5, 5.41) is 1.22. The van der Waals surface area contributed by atoms with Crippen LogP contribution in [0, 0.1) is 0 Å². The Kier molecular flexibility index (Phi) is 2.86. The second kappa shape index (κ2) is 4.54. The normalized spacial score (nSPS) is 14.4. The topological polar surface area (TPSA) is 28.7 Å². The number of nitrogens with one attached hydrogen (secondary N) is 1. The molecule has 2 heteroatoms. The summed E-state index contributed by atoms with van der Waals surface area (Å²) < 4.78 is 0. The number of rotatable bonds is 3. The van der Waals surface area contributed by atoms with Crippen molar-refractivity contribution in [3.63, 3.8) is 0 Å². The quantitative estimate of drug-likeness (QED) is 0.738. The van der Waals surface area contributed by atoms with Gasteiger partial charge < -0.3 is 4.98 Å². The molecular formula is C17H18N2. The highest BCUT2D eigenvalue weighted by atomic mass is 14.8. The highest BCUT2D eigenvalue weighted by molar-refractivity contribution is 5.81. The van der Waals surface area contributed by atoms with Gasteiger partial charge >= 0.3 is 0 Å². The number of nitrogens with zero attached hydrogens (tertiary/aromatic N) is 1.